The summed E-state index contributed by atoms with van der Waals surface area (Å²) >= 11 is 9.17. The zero-order valence-electron chi connectivity index (χ0n) is 9.76. The molecule has 2 rings (SSSR count). The molecule has 0 amide bonds. The van der Waals surface area contributed by atoms with Gasteiger partial charge in [0, 0.05) is 18.3 Å². The van der Waals surface area contributed by atoms with Gasteiger partial charge in [-0.05, 0) is 40.5 Å². The van der Waals surface area contributed by atoms with Crippen molar-refractivity contribution in [3.8, 4) is 11.6 Å². The predicted molar refractivity (Wildman–Crippen MR) is 74.9 cm³/mol. The van der Waals surface area contributed by atoms with Crippen LogP contribution >= 0.6 is 27.5 Å². The molecule has 1 aromatic carbocycles. The minimum atomic E-state index is -0.549. The van der Waals surface area contributed by atoms with Crippen molar-refractivity contribution < 1.29 is 9.66 Å². The molecule has 0 atom stereocenters. The number of pyridine rings is 1. The lowest BCUT2D eigenvalue weighted by molar-refractivity contribution is -0.384. The fraction of sp³-hybridized carbons (Fsp3) is 0.0833. The molecule has 0 radical (unpaired) electrons. The van der Waals surface area contributed by atoms with Crippen molar-refractivity contribution in [2.45, 2.75) is 6.92 Å². The second kappa shape index (κ2) is 5.54. The Bertz CT molecular complexity index is 649. The van der Waals surface area contributed by atoms with Crippen molar-refractivity contribution in [2.75, 3.05) is 0 Å². The van der Waals surface area contributed by atoms with E-state index in [1.807, 2.05) is 13.0 Å². The smallest absolute Gasteiger partial charge is 0.288 e. The summed E-state index contributed by atoms with van der Waals surface area (Å²) in [6.45, 7) is 1.90. The van der Waals surface area contributed by atoms with Crippen LogP contribution in [0.1, 0.15) is 5.56 Å². The largest absolute Gasteiger partial charge is 0.438 e. The summed E-state index contributed by atoms with van der Waals surface area (Å²) in [5.74, 6) is 0.763. The highest BCUT2D eigenvalue weighted by Gasteiger charge is 2.14. The molecule has 0 saturated heterocycles. The SMILES string of the molecule is Cc1ccnc(Oc2ccc([N+](=O)[O-])c(Cl)c2)c1Br. The Hall–Kier alpha value is -1.66. The van der Waals surface area contributed by atoms with Crippen LogP contribution in [0.4, 0.5) is 5.69 Å². The molecule has 0 unspecified atom stereocenters. The van der Waals surface area contributed by atoms with E-state index in [2.05, 4.69) is 20.9 Å². The molecule has 7 heteroatoms. The van der Waals surface area contributed by atoms with Crippen LogP contribution in [0.25, 0.3) is 0 Å². The van der Waals surface area contributed by atoms with Crippen molar-refractivity contribution in [1.82, 2.24) is 4.98 Å². The molecular formula is C12H8BrClN2O3. The van der Waals surface area contributed by atoms with Crippen LogP contribution in [0.5, 0.6) is 11.6 Å². The Balaban J connectivity index is 2.32. The van der Waals surface area contributed by atoms with Gasteiger partial charge in [-0.15, -0.1) is 0 Å². The lowest BCUT2D eigenvalue weighted by Gasteiger charge is -2.08. The number of hydrogen-bond acceptors (Lipinski definition) is 4. The molecule has 0 spiro atoms. The number of benzene rings is 1. The predicted octanol–water partition coefficient (Wildman–Crippen LogP) is 4.51. The summed E-state index contributed by atoms with van der Waals surface area (Å²) in [6, 6.07) is 5.98. The van der Waals surface area contributed by atoms with Gasteiger partial charge in [-0.1, -0.05) is 11.6 Å². The van der Waals surface area contributed by atoms with Crippen molar-refractivity contribution in [1.29, 1.82) is 0 Å². The number of nitro benzene ring substituents is 1. The van der Waals surface area contributed by atoms with E-state index in [9.17, 15) is 10.1 Å². The summed E-state index contributed by atoms with van der Waals surface area (Å²) in [5, 5.41) is 10.7. The van der Waals surface area contributed by atoms with E-state index in [0.717, 1.165) is 10.0 Å². The molecule has 0 saturated carbocycles. The second-order valence-electron chi connectivity index (χ2n) is 3.72. The van der Waals surface area contributed by atoms with E-state index < -0.39 is 4.92 Å². The molecule has 98 valence electrons. The van der Waals surface area contributed by atoms with Crippen LogP contribution in [0.15, 0.2) is 34.9 Å². The maximum Gasteiger partial charge on any atom is 0.288 e. The van der Waals surface area contributed by atoms with E-state index in [1.54, 1.807) is 6.20 Å². The number of aryl methyl sites for hydroxylation is 1. The first kappa shape index (κ1) is 13.8. The minimum Gasteiger partial charge on any atom is -0.438 e. The number of rotatable bonds is 3. The molecule has 5 nitrogen and oxygen atoms in total. The quantitative estimate of drug-likeness (QED) is 0.607. The third-order valence-corrected chi connectivity index (χ3v) is 3.65. The summed E-state index contributed by atoms with van der Waals surface area (Å²) in [5.41, 5.74) is 0.809. The first-order chi connectivity index (χ1) is 8.99. The summed E-state index contributed by atoms with van der Waals surface area (Å²) < 4.78 is 6.27. The van der Waals surface area contributed by atoms with E-state index in [4.69, 9.17) is 16.3 Å². The van der Waals surface area contributed by atoms with Gasteiger partial charge in [-0.3, -0.25) is 10.1 Å². The summed E-state index contributed by atoms with van der Waals surface area (Å²) in [4.78, 5) is 14.2. The maximum atomic E-state index is 10.7. The molecule has 1 aromatic heterocycles. The third kappa shape index (κ3) is 3.02. The van der Waals surface area contributed by atoms with Crippen LogP contribution in [0.2, 0.25) is 5.02 Å². The zero-order chi connectivity index (χ0) is 14.0. The second-order valence-corrected chi connectivity index (χ2v) is 4.92. The van der Waals surface area contributed by atoms with Gasteiger partial charge in [-0.2, -0.15) is 0 Å². The average molecular weight is 344 g/mol. The third-order valence-electron chi connectivity index (χ3n) is 2.38. The van der Waals surface area contributed by atoms with E-state index in [0.29, 0.717) is 11.6 Å². The van der Waals surface area contributed by atoms with Gasteiger partial charge in [0.25, 0.3) is 5.69 Å². The molecule has 0 N–H and O–H groups in total. The number of aromatic nitrogens is 1. The monoisotopic (exact) mass is 342 g/mol. The molecule has 0 aliphatic heterocycles. The van der Waals surface area contributed by atoms with Gasteiger partial charge in [0.2, 0.25) is 5.88 Å². The molecule has 0 aliphatic carbocycles. The number of hydrogen-bond donors (Lipinski definition) is 0. The number of nitro groups is 1. The molecular weight excluding hydrogens is 336 g/mol. The Morgan fingerprint density at radius 3 is 2.79 bits per heavy atom. The number of halogens is 2. The maximum absolute atomic E-state index is 10.7. The van der Waals surface area contributed by atoms with E-state index in [-0.39, 0.29) is 10.7 Å². The van der Waals surface area contributed by atoms with Crippen LogP contribution in [0.3, 0.4) is 0 Å². The van der Waals surface area contributed by atoms with Crippen molar-refractivity contribution in [3.63, 3.8) is 0 Å². The Labute approximate surface area is 122 Å². The van der Waals surface area contributed by atoms with Crippen LogP contribution in [-0.2, 0) is 0 Å². The standard InChI is InChI=1S/C12H8BrClN2O3/c1-7-4-5-15-12(11(7)13)19-8-2-3-10(16(17)18)9(14)6-8/h2-6H,1H3. The highest BCUT2D eigenvalue weighted by atomic mass is 79.9. The Kier molecular flexibility index (Phi) is 4.01. The first-order valence-electron chi connectivity index (χ1n) is 5.22. The van der Waals surface area contributed by atoms with Crippen molar-refractivity contribution in [2.24, 2.45) is 0 Å². The van der Waals surface area contributed by atoms with Gasteiger partial charge < -0.3 is 4.74 Å². The molecule has 0 aliphatic rings. The lowest BCUT2D eigenvalue weighted by Crippen LogP contribution is -1.93. The molecule has 19 heavy (non-hydrogen) atoms. The van der Waals surface area contributed by atoms with E-state index >= 15 is 0 Å². The highest BCUT2D eigenvalue weighted by Crippen LogP contribution is 2.33. The highest BCUT2D eigenvalue weighted by molar-refractivity contribution is 9.10. The summed E-state index contributed by atoms with van der Waals surface area (Å²) in [6.07, 6.45) is 1.61. The lowest BCUT2D eigenvalue weighted by atomic mass is 10.3. The Morgan fingerprint density at radius 2 is 2.16 bits per heavy atom. The number of nitrogens with zero attached hydrogens (tertiary/aromatic N) is 2. The number of ether oxygens (including phenoxy) is 1. The molecule has 0 fully saturated rings. The topological polar surface area (TPSA) is 65.3 Å². The minimum absolute atomic E-state index is 0.0197. The average Bonchev–Trinajstić information content (AvgIpc) is 2.34. The molecule has 2 aromatic rings. The van der Waals surface area contributed by atoms with Crippen molar-refractivity contribution >= 4 is 33.2 Å². The van der Waals surface area contributed by atoms with Crippen LogP contribution < -0.4 is 4.74 Å². The fourth-order valence-corrected chi connectivity index (χ4v) is 1.95. The van der Waals surface area contributed by atoms with Gasteiger partial charge in [0.05, 0.1) is 9.40 Å². The van der Waals surface area contributed by atoms with Crippen molar-refractivity contribution in [3.05, 3.63) is 55.6 Å². The molecule has 1 heterocycles. The van der Waals surface area contributed by atoms with Crippen LogP contribution in [-0.4, -0.2) is 9.91 Å². The zero-order valence-corrected chi connectivity index (χ0v) is 12.1. The fourth-order valence-electron chi connectivity index (χ4n) is 1.40. The van der Waals surface area contributed by atoms with Gasteiger partial charge in [0.15, 0.2) is 0 Å². The first-order valence-corrected chi connectivity index (χ1v) is 6.39. The van der Waals surface area contributed by atoms with E-state index in [1.165, 1.54) is 18.2 Å². The van der Waals surface area contributed by atoms with Gasteiger partial charge in [0.1, 0.15) is 10.8 Å². The van der Waals surface area contributed by atoms with Gasteiger partial charge in [-0.25, -0.2) is 4.98 Å². The normalized spacial score (nSPS) is 10.3. The van der Waals surface area contributed by atoms with Gasteiger partial charge >= 0.3 is 0 Å². The van der Waals surface area contributed by atoms with Crippen LogP contribution in [0, 0.1) is 17.0 Å². The Morgan fingerprint density at radius 1 is 1.42 bits per heavy atom. The summed E-state index contributed by atoms with van der Waals surface area (Å²) in [7, 11) is 0. The molecule has 0 bridgehead atoms.